The maximum Gasteiger partial charge on any atom is 0.187 e. The standard InChI is InChI=1S/C14H34O2S4Si2/c1-21(2,15-5-7-17)13-11-19-9-10-20-12-14-22(3,4)16-6-8-18/h17-18H,5-14H2,1-4H3. The molecule has 0 saturated carbocycles. The van der Waals surface area contributed by atoms with Crippen LogP contribution in [0.2, 0.25) is 38.3 Å². The lowest BCUT2D eigenvalue weighted by molar-refractivity contribution is 0.334. The zero-order valence-electron chi connectivity index (χ0n) is 14.6. The molecule has 134 valence electrons. The molecule has 0 heterocycles. The highest BCUT2D eigenvalue weighted by molar-refractivity contribution is 8.03. The summed E-state index contributed by atoms with van der Waals surface area (Å²) in [5.74, 6) is 6.63. The highest BCUT2D eigenvalue weighted by Crippen LogP contribution is 2.19. The third-order valence-corrected chi connectivity index (χ3v) is 11.4. The molecule has 0 amide bonds. The van der Waals surface area contributed by atoms with E-state index in [-0.39, 0.29) is 0 Å². The second-order valence-electron chi connectivity index (χ2n) is 6.39. The summed E-state index contributed by atoms with van der Waals surface area (Å²) in [5.41, 5.74) is 0. The van der Waals surface area contributed by atoms with Crippen LogP contribution in [-0.2, 0) is 8.85 Å². The van der Waals surface area contributed by atoms with E-state index in [1.165, 1.54) is 35.1 Å². The van der Waals surface area contributed by atoms with Crippen LogP contribution in [0.4, 0.5) is 0 Å². The predicted octanol–water partition coefficient (Wildman–Crippen LogP) is 4.76. The number of hydrogen-bond donors (Lipinski definition) is 2. The maximum absolute atomic E-state index is 5.92. The summed E-state index contributed by atoms with van der Waals surface area (Å²) in [4.78, 5) is 0. The molecule has 8 heteroatoms. The Morgan fingerprint density at radius 1 is 0.682 bits per heavy atom. The summed E-state index contributed by atoms with van der Waals surface area (Å²) < 4.78 is 11.8. The number of hydrogen-bond acceptors (Lipinski definition) is 6. The quantitative estimate of drug-likeness (QED) is 0.227. The normalized spacial score (nSPS) is 12.8. The van der Waals surface area contributed by atoms with Crippen molar-refractivity contribution in [2.45, 2.75) is 38.3 Å². The lowest BCUT2D eigenvalue weighted by atomic mass is 10.9. The van der Waals surface area contributed by atoms with Gasteiger partial charge in [0.05, 0.1) is 0 Å². The van der Waals surface area contributed by atoms with Gasteiger partial charge in [0.2, 0.25) is 0 Å². The van der Waals surface area contributed by atoms with Gasteiger partial charge in [0.1, 0.15) is 0 Å². The van der Waals surface area contributed by atoms with E-state index in [0.717, 1.165) is 24.7 Å². The van der Waals surface area contributed by atoms with Crippen molar-refractivity contribution in [3.63, 3.8) is 0 Å². The topological polar surface area (TPSA) is 18.5 Å². The Hall–Kier alpha value is 1.75. The summed E-state index contributed by atoms with van der Waals surface area (Å²) in [6.07, 6.45) is 0. The molecule has 0 aromatic heterocycles. The molecule has 0 bridgehead atoms. The fraction of sp³-hybridized carbons (Fsp3) is 1.00. The van der Waals surface area contributed by atoms with E-state index >= 15 is 0 Å². The van der Waals surface area contributed by atoms with E-state index in [0.29, 0.717) is 0 Å². The summed E-state index contributed by atoms with van der Waals surface area (Å²) >= 11 is 12.6. The van der Waals surface area contributed by atoms with Gasteiger partial charge in [-0.1, -0.05) is 0 Å². The third kappa shape index (κ3) is 15.3. The van der Waals surface area contributed by atoms with Crippen LogP contribution in [0.5, 0.6) is 0 Å². The van der Waals surface area contributed by atoms with Crippen molar-refractivity contribution < 1.29 is 8.85 Å². The lowest BCUT2D eigenvalue weighted by Gasteiger charge is -2.22. The molecule has 0 aromatic carbocycles. The fourth-order valence-electron chi connectivity index (χ4n) is 1.75. The van der Waals surface area contributed by atoms with E-state index in [4.69, 9.17) is 8.85 Å². The van der Waals surface area contributed by atoms with Crippen LogP contribution in [0, 0.1) is 0 Å². The highest BCUT2D eigenvalue weighted by atomic mass is 32.2. The van der Waals surface area contributed by atoms with E-state index < -0.39 is 16.6 Å². The van der Waals surface area contributed by atoms with Crippen LogP contribution in [-0.4, -0.2) is 64.4 Å². The molecule has 0 aliphatic carbocycles. The third-order valence-electron chi connectivity index (χ3n) is 3.24. The summed E-state index contributed by atoms with van der Waals surface area (Å²) in [5, 5.41) is 0. The van der Waals surface area contributed by atoms with Crippen LogP contribution < -0.4 is 0 Å². The first-order chi connectivity index (χ1) is 10.3. The predicted molar refractivity (Wildman–Crippen MR) is 119 cm³/mol. The Balaban J connectivity index is 3.47. The average Bonchev–Trinajstić information content (AvgIpc) is 2.46. The van der Waals surface area contributed by atoms with Gasteiger partial charge >= 0.3 is 0 Å². The molecule has 0 rings (SSSR count). The molecule has 0 radical (unpaired) electrons. The average molecular weight is 419 g/mol. The van der Waals surface area contributed by atoms with Gasteiger partial charge in [0, 0.05) is 36.2 Å². The van der Waals surface area contributed by atoms with Crippen molar-refractivity contribution in [1.82, 2.24) is 0 Å². The molecule has 2 nitrogen and oxygen atoms in total. The van der Waals surface area contributed by atoms with Gasteiger partial charge in [-0.15, -0.1) is 0 Å². The zero-order chi connectivity index (χ0) is 16.9. The van der Waals surface area contributed by atoms with E-state index in [9.17, 15) is 0 Å². The lowest BCUT2D eigenvalue weighted by Crippen LogP contribution is -2.32. The van der Waals surface area contributed by atoms with Crippen LogP contribution in [0.15, 0.2) is 0 Å². The van der Waals surface area contributed by atoms with Gasteiger partial charge < -0.3 is 8.85 Å². The van der Waals surface area contributed by atoms with Crippen LogP contribution in [0.25, 0.3) is 0 Å². The second-order valence-corrected chi connectivity index (χ2v) is 18.3. The first-order valence-corrected chi connectivity index (χ1v) is 17.8. The Kier molecular flexibility index (Phi) is 15.1. The Bertz CT molecular complexity index is 243. The van der Waals surface area contributed by atoms with E-state index in [1.54, 1.807) is 0 Å². The van der Waals surface area contributed by atoms with Crippen molar-refractivity contribution in [2.75, 3.05) is 47.7 Å². The Morgan fingerprint density at radius 2 is 1.05 bits per heavy atom. The fourth-order valence-corrected chi connectivity index (χ4v) is 10.3. The van der Waals surface area contributed by atoms with Gasteiger partial charge in [-0.3, -0.25) is 0 Å². The number of thioether (sulfide) groups is 2. The summed E-state index contributed by atoms with van der Waals surface area (Å²) in [6.45, 7) is 10.8. The molecule has 22 heavy (non-hydrogen) atoms. The first kappa shape index (κ1) is 23.8. The molecular formula is C14H34O2S4Si2. The van der Waals surface area contributed by atoms with Crippen molar-refractivity contribution >= 4 is 65.4 Å². The summed E-state index contributed by atoms with van der Waals surface area (Å²) in [7, 11) is -2.86. The molecule has 0 spiro atoms. The number of thiol groups is 2. The first-order valence-electron chi connectivity index (χ1n) is 7.98. The monoisotopic (exact) mass is 418 g/mol. The minimum absolute atomic E-state index is 0.803. The minimum atomic E-state index is -1.43. The van der Waals surface area contributed by atoms with E-state index in [2.05, 4.69) is 75.0 Å². The van der Waals surface area contributed by atoms with Crippen LogP contribution in [0.1, 0.15) is 0 Å². The smallest absolute Gasteiger partial charge is 0.187 e. The van der Waals surface area contributed by atoms with Crippen LogP contribution in [0.3, 0.4) is 0 Å². The SMILES string of the molecule is C[Si](C)(CCSCCSCC[Si](C)(C)OCCS)OCCS. The Labute approximate surface area is 159 Å². The van der Waals surface area contributed by atoms with Gasteiger partial charge in [-0.2, -0.15) is 48.8 Å². The molecule has 0 aliphatic rings. The second kappa shape index (κ2) is 14.0. The largest absolute Gasteiger partial charge is 0.416 e. The Morgan fingerprint density at radius 3 is 1.36 bits per heavy atom. The van der Waals surface area contributed by atoms with Crippen LogP contribution >= 0.6 is 48.8 Å². The van der Waals surface area contributed by atoms with E-state index in [1.807, 2.05) is 0 Å². The van der Waals surface area contributed by atoms with Crippen molar-refractivity contribution in [3.05, 3.63) is 0 Å². The van der Waals surface area contributed by atoms with Gasteiger partial charge in [-0.05, 0) is 49.8 Å². The summed E-state index contributed by atoms with van der Waals surface area (Å²) in [6, 6.07) is 2.49. The maximum atomic E-state index is 5.92. The van der Waals surface area contributed by atoms with Crippen molar-refractivity contribution in [2.24, 2.45) is 0 Å². The van der Waals surface area contributed by atoms with Gasteiger partial charge in [-0.25, -0.2) is 0 Å². The molecule has 0 aliphatic heterocycles. The van der Waals surface area contributed by atoms with Crippen molar-refractivity contribution in [1.29, 1.82) is 0 Å². The number of rotatable bonds is 15. The molecule has 0 unspecified atom stereocenters. The van der Waals surface area contributed by atoms with Gasteiger partial charge in [0.15, 0.2) is 16.6 Å². The molecular weight excluding hydrogens is 385 g/mol. The molecule has 0 fully saturated rings. The van der Waals surface area contributed by atoms with Gasteiger partial charge in [0.25, 0.3) is 0 Å². The zero-order valence-corrected chi connectivity index (χ0v) is 20.0. The molecule has 0 N–H and O–H groups in total. The van der Waals surface area contributed by atoms with Crippen molar-refractivity contribution in [3.8, 4) is 0 Å². The highest BCUT2D eigenvalue weighted by Gasteiger charge is 2.22. The molecule has 0 saturated heterocycles. The molecule has 0 aromatic rings. The minimum Gasteiger partial charge on any atom is -0.416 e. The molecule has 0 atom stereocenters.